The molecule has 138 valence electrons. The fourth-order valence-corrected chi connectivity index (χ4v) is 4.81. The summed E-state index contributed by atoms with van der Waals surface area (Å²) in [4.78, 5) is 2.79. The van der Waals surface area contributed by atoms with Gasteiger partial charge in [0.2, 0.25) is 0 Å². The highest BCUT2D eigenvalue weighted by Crippen LogP contribution is 2.34. The molecule has 1 aromatic carbocycles. The number of hydrogen-bond acceptors (Lipinski definition) is 2. The molecule has 0 saturated carbocycles. The van der Waals surface area contributed by atoms with Crippen molar-refractivity contribution in [1.82, 2.24) is 10.2 Å². The van der Waals surface area contributed by atoms with E-state index >= 15 is 0 Å². The van der Waals surface area contributed by atoms with Gasteiger partial charge in [-0.2, -0.15) is 0 Å². The van der Waals surface area contributed by atoms with Crippen LogP contribution in [-0.4, -0.2) is 34.7 Å². The van der Waals surface area contributed by atoms with Gasteiger partial charge in [0.05, 0.1) is 0 Å². The molecule has 3 nitrogen and oxygen atoms in total. The number of benzene rings is 1. The van der Waals surface area contributed by atoms with E-state index in [1.807, 2.05) is 0 Å². The predicted octanol–water partition coefficient (Wildman–Crippen LogP) is 4.63. The first kappa shape index (κ1) is 18.7. The van der Waals surface area contributed by atoms with Crippen LogP contribution in [0.5, 0.6) is 0 Å². The lowest BCUT2D eigenvalue weighted by atomic mass is 9.81. The standard InChI is InChI=1S/C21H33N3S/c1-14(2)13-24-18-6-5-7-19(24)12-17(11-18)22-21(25)23-20-10-15(3)8-9-16(20)4/h8-10,14,17-19H,5-7,11-13H2,1-4H3,(H2,22,23,25)/t17?,18-,19+. The van der Waals surface area contributed by atoms with Crippen LogP contribution < -0.4 is 10.6 Å². The fraction of sp³-hybridized carbons (Fsp3) is 0.667. The van der Waals surface area contributed by atoms with E-state index in [0.717, 1.165) is 28.8 Å². The molecule has 2 N–H and O–H groups in total. The molecule has 2 bridgehead atoms. The van der Waals surface area contributed by atoms with Crippen LogP contribution in [0.2, 0.25) is 0 Å². The molecular weight excluding hydrogens is 326 g/mol. The van der Waals surface area contributed by atoms with Gasteiger partial charge in [-0.15, -0.1) is 0 Å². The molecule has 2 aliphatic rings. The van der Waals surface area contributed by atoms with Gasteiger partial charge in [-0.1, -0.05) is 32.4 Å². The molecule has 2 heterocycles. The molecule has 0 radical (unpaired) electrons. The van der Waals surface area contributed by atoms with Gasteiger partial charge in [-0.3, -0.25) is 4.90 Å². The number of nitrogens with zero attached hydrogens (tertiary/aromatic N) is 1. The summed E-state index contributed by atoms with van der Waals surface area (Å²) in [5.41, 5.74) is 3.61. The molecular formula is C21H33N3S. The molecule has 3 atom stereocenters. The molecule has 2 saturated heterocycles. The number of hydrogen-bond donors (Lipinski definition) is 2. The Bertz CT molecular complexity index is 599. The summed E-state index contributed by atoms with van der Waals surface area (Å²) in [5, 5.41) is 7.80. The van der Waals surface area contributed by atoms with Gasteiger partial charge in [0.25, 0.3) is 0 Å². The minimum absolute atomic E-state index is 0.504. The van der Waals surface area contributed by atoms with Crippen LogP contribution in [-0.2, 0) is 0 Å². The number of rotatable bonds is 4. The van der Waals surface area contributed by atoms with E-state index in [4.69, 9.17) is 12.2 Å². The van der Waals surface area contributed by atoms with Crippen molar-refractivity contribution in [2.75, 3.05) is 11.9 Å². The second-order valence-electron chi connectivity index (χ2n) is 8.41. The first-order valence-corrected chi connectivity index (χ1v) is 10.2. The van der Waals surface area contributed by atoms with Crippen molar-refractivity contribution in [2.24, 2.45) is 5.92 Å². The molecule has 2 aliphatic heterocycles. The minimum Gasteiger partial charge on any atom is -0.360 e. The molecule has 1 unspecified atom stereocenters. The van der Waals surface area contributed by atoms with Crippen LogP contribution >= 0.6 is 12.2 Å². The van der Waals surface area contributed by atoms with Crippen LogP contribution in [0.1, 0.15) is 57.1 Å². The van der Waals surface area contributed by atoms with Gasteiger partial charge in [0.1, 0.15) is 0 Å². The highest BCUT2D eigenvalue weighted by atomic mass is 32.1. The van der Waals surface area contributed by atoms with Crippen molar-refractivity contribution in [2.45, 2.75) is 77.9 Å². The van der Waals surface area contributed by atoms with E-state index in [1.165, 1.54) is 49.8 Å². The molecule has 0 spiro atoms. The van der Waals surface area contributed by atoms with Crippen LogP contribution in [0, 0.1) is 19.8 Å². The third-order valence-corrected chi connectivity index (χ3v) is 5.90. The summed E-state index contributed by atoms with van der Waals surface area (Å²) in [6.07, 6.45) is 6.52. The number of fused-ring (bicyclic) bond motifs is 2. The van der Waals surface area contributed by atoms with Gasteiger partial charge in [0.15, 0.2) is 5.11 Å². The third kappa shape index (κ3) is 4.73. The maximum Gasteiger partial charge on any atom is 0.171 e. The van der Waals surface area contributed by atoms with E-state index < -0.39 is 0 Å². The first-order valence-electron chi connectivity index (χ1n) is 9.83. The third-order valence-electron chi connectivity index (χ3n) is 5.68. The Morgan fingerprint density at radius 1 is 1.20 bits per heavy atom. The van der Waals surface area contributed by atoms with Gasteiger partial charge >= 0.3 is 0 Å². The fourth-order valence-electron chi connectivity index (χ4n) is 4.53. The van der Waals surface area contributed by atoms with E-state index in [1.54, 1.807) is 0 Å². The molecule has 0 aliphatic carbocycles. The average molecular weight is 360 g/mol. The van der Waals surface area contributed by atoms with Crippen molar-refractivity contribution in [3.05, 3.63) is 29.3 Å². The van der Waals surface area contributed by atoms with Crippen LogP contribution in [0.25, 0.3) is 0 Å². The summed E-state index contributed by atoms with van der Waals surface area (Å²) in [7, 11) is 0. The van der Waals surface area contributed by atoms with Crippen molar-refractivity contribution in [3.8, 4) is 0 Å². The average Bonchev–Trinajstić information content (AvgIpc) is 2.51. The monoisotopic (exact) mass is 359 g/mol. The van der Waals surface area contributed by atoms with E-state index in [0.29, 0.717) is 6.04 Å². The Kier molecular flexibility index (Phi) is 6.00. The summed E-state index contributed by atoms with van der Waals surface area (Å²) >= 11 is 5.61. The van der Waals surface area contributed by atoms with Gasteiger partial charge in [-0.05, 0) is 74.9 Å². The predicted molar refractivity (Wildman–Crippen MR) is 111 cm³/mol. The second kappa shape index (κ2) is 8.05. The lowest BCUT2D eigenvalue weighted by Crippen LogP contribution is -2.58. The summed E-state index contributed by atoms with van der Waals surface area (Å²) < 4.78 is 0. The maximum atomic E-state index is 5.61. The highest BCUT2D eigenvalue weighted by molar-refractivity contribution is 7.80. The zero-order valence-electron chi connectivity index (χ0n) is 16.1. The lowest BCUT2D eigenvalue weighted by Gasteiger charge is -2.49. The number of thiocarbonyl (C=S) groups is 1. The Morgan fingerprint density at radius 3 is 2.52 bits per heavy atom. The van der Waals surface area contributed by atoms with Crippen molar-refractivity contribution in [3.63, 3.8) is 0 Å². The number of anilines is 1. The topological polar surface area (TPSA) is 27.3 Å². The molecule has 4 heteroatoms. The Hall–Kier alpha value is -1.13. The zero-order valence-corrected chi connectivity index (χ0v) is 17.0. The normalized spacial score (nSPS) is 26.5. The van der Waals surface area contributed by atoms with E-state index in [9.17, 15) is 0 Å². The Morgan fingerprint density at radius 2 is 1.88 bits per heavy atom. The van der Waals surface area contributed by atoms with Crippen LogP contribution in [0.15, 0.2) is 18.2 Å². The molecule has 1 aromatic rings. The van der Waals surface area contributed by atoms with E-state index in [2.05, 4.69) is 61.4 Å². The quantitative estimate of drug-likeness (QED) is 0.767. The maximum absolute atomic E-state index is 5.61. The summed E-state index contributed by atoms with van der Waals surface area (Å²) in [6, 6.07) is 8.43. The second-order valence-corrected chi connectivity index (χ2v) is 8.82. The van der Waals surface area contributed by atoms with Crippen molar-refractivity contribution >= 4 is 23.0 Å². The van der Waals surface area contributed by atoms with Crippen molar-refractivity contribution < 1.29 is 0 Å². The highest BCUT2D eigenvalue weighted by Gasteiger charge is 2.38. The summed E-state index contributed by atoms with van der Waals surface area (Å²) in [6.45, 7) is 10.2. The molecule has 3 rings (SSSR count). The molecule has 25 heavy (non-hydrogen) atoms. The van der Waals surface area contributed by atoms with Crippen LogP contribution in [0.4, 0.5) is 5.69 Å². The first-order chi connectivity index (χ1) is 11.9. The molecule has 2 fully saturated rings. The molecule has 0 aromatic heterocycles. The lowest BCUT2D eigenvalue weighted by molar-refractivity contribution is 0.0191. The Labute approximate surface area is 158 Å². The molecule has 0 amide bonds. The summed E-state index contributed by atoms with van der Waals surface area (Å²) in [5.74, 6) is 0.750. The van der Waals surface area contributed by atoms with Gasteiger partial charge in [-0.25, -0.2) is 0 Å². The smallest absolute Gasteiger partial charge is 0.171 e. The van der Waals surface area contributed by atoms with Gasteiger partial charge in [0, 0.05) is 30.4 Å². The number of piperidine rings is 2. The van der Waals surface area contributed by atoms with Crippen LogP contribution in [0.3, 0.4) is 0 Å². The zero-order chi connectivity index (χ0) is 18.0. The number of aryl methyl sites for hydroxylation is 2. The minimum atomic E-state index is 0.504. The largest absolute Gasteiger partial charge is 0.360 e. The Balaban J connectivity index is 1.58. The number of nitrogens with one attached hydrogen (secondary N) is 2. The van der Waals surface area contributed by atoms with Crippen molar-refractivity contribution in [1.29, 1.82) is 0 Å². The SMILES string of the molecule is Cc1ccc(C)c(NC(=S)NC2C[C@H]3CCC[C@@H](C2)N3CC(C)C)c1. The van der Waals surface area contributed by atoms with Gasteiger partial charge < -0.3 is 10.6 Å². The van der Waals surface area contributed by atoms with E-state index in [-0.39, 0.29) is 0 Å².